The van der Waals surface area contributed by atoms with Crippen LogP contribution in [0.3, 0.4) is 0 Å². The van der Waals surface area contributed by atoms with Crippen LogP contribution in [0.4, 0.5) is 8.78 Å². The Bertz CT molecular complexity index is 1110. The predicted molar refractivity (Wildman–Crippen MR) is 111 cm³/mol. The van der Waals surface area contributed by atoms with E-state index in [0.717, 1.165) is 16.2 Å². The largest absolute Gasteiger partial charge is 0.489 e. The highest BCUT2D eigenvalue weighted by Crippen LogP contribution is 2.27. The van der Waals surface area contributed by atoms with Gasteiger partial charge in [-0.25, -0.2) is 8.78 Å². The zero-order valence-electron chi connectivity index (χ0n) is 17.3. The smallest absolute Gasteiger partial charge is 0.329 e. The number of ether oxygens (including phenoxy) is 1. The quantitative estimate of drug-likeness (QED) is 0.536. The van der Waals surface area contributed by atoms with Gasteiger partial charge in [0.2, 0.25) is 0 Å². The Morgan fingerprint density at radius 3 is 2.32 bits per heavy atom. The lowest BCUT2D eigenvalue weighted by atomic mass is 10.0. The zero-order valence-corrected chi connectivity index (χ0v) is 17.3. The van der Waals surface area contributed by atoms with E-state index >= 15 is 0 Å². The van der Waals surface area contributed by atoms with E-state index in [1.54, 1.807) is 49.4 Å². The van der Waals surface area contributed by atoms with Crippen molar-refractivity contribution in [2.45, 2.75) is 20.5 Å². The first kappa shape index (κ1) is 22.0. The van der Waals surface area contributed by atoms with Gasteiger partial charge in [-0.3, -0.25) is 9.59 Å². The molecule has 3 rings (SSSR count). The number of carbonyl (C=O) groups is 2. The van der Waals surface area contributed by atoms with Gasteiger partial charge in [-0.05, 0) is 65.6 Å². The first-order valence-corrected chi connectivity index (χ1v) is 9.49. The summed E-state index contributed by atoms with van der Waals surface area (Å²) in [6, 6.07) is 16.1. The van der Waals surface area contributed by atoms with Crippen LogP contribution < -0.4 is 4.74 Å². The van der Waals surface area contributed by atoms with Crippen molar-refractivity contribution in [1.29, 1.82) is 0 Å². The van der Waals surface area contributed by atoms with E-state index < -0.39 is 23.5 Å². The third-order valence-corrected chi connectivity index (χ3v) is 4.56. The predicted octanol–water partition coefficient (Wildman–Crippen LogP) is 5.07. The van der Waals surface area contributed by atoms with Crippen LogP contribution in [0.5, 0.6) is 5.75 Å². The van der Waals surface area contributed by atoms with Crippen LogP contribution in [-0.4, -0.2) is 24.0 Å². The second-order valence-corrected chi connectivity index (χ2v) is 6.98. The minimum atomic E-state index is -0.894. The number of carbonyl (C=O) groups excluding carboxylic acids is 2. The average Bonchev–Trinajstić information content (AvgIpc) is 2.74. The molecule has 0 saturated heterocycles. The molecule has 0 aliphatic rings. The second kappa shape index (κ2) is 9.38. The summed E-state index contributed by atoms with van der Waals surface area (Å²) in [5.74, 6) is -2.23. The number of nitrogens with zero attached hydrogens (tertiary/aromatic N) is 1. The number of rotatable bonds is 5. The fourth-order valence-corrected chi connectivity index (χ4v) is 3.06. The topological polar surface area (TPSA) is 55.8 Å². The summed E-state index contributed by atoms with van der Waals surface area (Å²) in [7, 11) is 1.36. The van der Waals surface area contributed by atoms with Crippen LogP contribution in [0.25, 0.3) is 11.1 Å². The molecule has 0 radical (unpaired) electrons. The van der Waals surface area contributed by atoms with E-state index in [1.807, 2.05) is 6.07 Å². The number of aryl methyl sites for hydroxylation is 1. The van der Waals surface area contributed by atoms with Gasteiger partial charge in [0, 0.05) is 19.5 Å². The third-order valence-electron chi connectivity index (χ3n) is 4.56. The number of halogens is 2. The molecule has 0 fully saturated rings. The molecule has 0 saturated carbocycles. The summed E-state index contributed by atoms with van der Waals surface area (Å²) < 4.78 is 32.7. The van der Waals surface area contributed by atoms with Crippen LogP contribution in [0.2, 0.25) is 0 Å². The highest BCUT2D eigenvalue weighted by atomic mass is 19.2. The molecule has 0 atom stereocenters. The van der Waals surface area contributed by atoms with E-state index in [2.05, 4.69) is 0 Å². The maximum atomic E-state index is 13.6. The van der Waals surface area contributed by atoms with E-state index in [9.17, 15) is 18.4 Å². The third kappa shape index (κ3) is 5.45. The van der Waals surface area contributed by atoms with Crippen LogP contribution >= 0.6 is 0 Å². The van der Waals surface area contributed by atoms with Gasteiger partial charge in [0.05, 0.1) is 0 Å². The highest BCUT2D eigenvalue weighted by Gasteiger charge is 2.15. The Morgan fingerprint density at radius 1 is 0.968 bits per heavy atom. The number of hydrogen-bond donors (Lipinski definition) is 0. The van der Waals surface area contributed by atoms with Crippen molar-refractivity contribution >= 4 is 11.9 Å². The molecular weight excluding hydrogens is 404 g/mol. The van der Waals surface area contributed by atoms with Gasteiger partial charge in [0.1, 0.15) is 12.4 Å². The monoisotopic (exact) mass is 425 g/mol. The Hall–Kier alpha value is -3.74. The van der Waals surface area contributed by atoms with E-state index in [0.29, 0.717) is 22.4 Å². The normalized spacial score (nSPS) is 10.5. The zero-order chi connectivity index (χ0) is 22.5. The summed E-state index contributed by atoms with van der Waals surface area (Å²) in [6.07, 6.45) is 0. The van der Waals surface area contributed by atoms with Gasteiger partial charge in [0.15, 0.2) is 11.6 Å². The second-order valence-electron chi connectivity index (χ2n) is 6.98. The van der Waals surface area contributed by atoms with Gasteiger partial charge in [-0.15, -0.1) is 0 Å². The molecule has 31 heavy (non-hydrogen) atoms. The molecule has 0 N–H and O–H groups in total. The number of hydrogen-bond acceptors (Lipinski definition) is 4. The number of amides is 1. The minimum absolute atomic E-state index is 0.210. The molecule has 3 aromatic carbocycles. The molecule has 0 unspecified atom stereocenters. The van der Waals surface area contributed by atoms with Gasteiger partial charge in [0.25, 0.3) is 5.91 Å². The Balaban J connectivity index is 1.68. The Kier molecular flexibility index (Phi) is 6.65. The van der Waals surface area contributed by atoms with E-state index in [-0.39, 0.29) is 6.61 Å². The van der Waals surface area contributed by atoms with Crippen molar-refractivity contribution in [2.24, 2.45) is 0 Å². The minimum Gasteiger partial charge on any atom is -0.489 e. The van der Waals surface area contributed by atoms with E-state index in [1.165, 1.54) is 26.1 Å². The fourth-order valence-electron chi connectivity index (χ4n) is 3.06. The molecule has 160 valence electrons. The summed E-state index contributed by atoms with van der Waals surface area (Å²) >= 11 is 0. The molecular formula is C24H21F2NO4. The summed E-state index contributed by atoms with van der Waals surface area (Å²) in [4.78, 5) is 28.1. The summed E-state index contributed by atoms with van der Waals surface area (Å²) in [6.45, 7) is 3.14. The van der Waals surface area contributed by atoms with Crippen molar-refractivity contribution in [3.8, 4) is 16.9 Å². The SMILES string of the molecule is CC(=O)ON(C)C(=O)c1cccc(COc2ccc(-c3cc(F)c(F)cc3C)cc2)c1. The van der Waals surface area contributed by atoms with Crippen LogP contribution in [0.1, 0.15) is 28.4 Å². The van der Waals surface area contributed by atoms with Crippen molar-refractivity contribution in [1.82, 2.24) is 5.06 Å². The fraction of sp³-hybridized carbons (Fsp3) is 0.167. The van der Waals surface area contributed by atoms with Crippen molar-refractivity contribution < 1.29 is 27.9 Å². The standard InChI is InChI=1S/C24H21F2NO4/c1-15-11-22(25)23(26)13-21(15)18-7-9-20(10-8-18)30-14-17-5-4-6-19(12-17)24(29)27(3)31-16(2)28/h4-13H,14H2,1-3H3. The van der Waals surface area contributed by atoms with E-state index in [4.69, 9.17) is 9.57 Å². The van der Waals surface area contributed by atoms with Gasteiger partial charge in [-0.1, -0.05) is 24.3 Å². The van der Waals surface area contributed by atoms with Crippen LogP contribution in [0.15, 0.2) is 60.7 Å². The molecule has 7 heteroatoms. The molecule has 3 aromatic rings. The lowest BCUT2D eigenvalue weighted by Gasteiger charge is -2.15. The first-order chi connectivity index (χ1) is 14.7. The molecule has 0 bridgehead atoms. The molecule has 0 aromatic heterocycles. The van der Waals surface area contributed by atoms with Gasteiger partial charge in [-0.2, -0.15) is 5.06 Å². The van der Waals surface area contributed by atoms with Crippen LogP contribution in [0, 0.1) is 18.6 Å². The van der Waals surface area contributed by atoms with Gasteiger partial charge < -0.3 is 9.57 Å². The summed E-state index contributed by atoms with van der Waals surface area (Å²) in [5, 5.41) is 0.876. The maximum Gasteiger partial charge on any atom is 0.329 e. The maximum absolute atomic E-state index is 13.6. The van der Waals surface area contributed by atoms with Crippen molar-refractivity contribution in [3.05, 3.63) is 89.0 Å². The van der Waals surface area contributed by atoms with Crippen molar-refractivity contribution in [2.75, 3.05) is 7.05 Å². The molecule has 1 amide bonds. The molecule has 0 heterocycles. The lowest BCUT2D eigenvalue weighted by Crippen LogP contribution is -2.28. The van der Waals surface area contributed by atoms with Gasteiger partial charge >= 0.3 is 5.97 Å². The highest BCUT2D eigenvalue weighted by molar-refractivity contribution is 5.94. The summed E-state index contributed by atoms with van der Waals surface area (Å²) in [5.41, 5.74) is 3.09. The number of benzene rings is 3. The Morgan fingerprint density at radius 2 is 1.65 bits per heavy atom. The first-order valence-electron chi connectivity index (χ1n) is 9.49. The van der Waals surface area contributed by atoms with Crippen LogP contribution in [-0.2, 0) is 16.2 Å². The lowest BCUT2D eigenvalue weighted by molar-refractivity contribution is -0.170. The average molecular weight is 425 g/mol. The Labute approximate surface area is 178 Å². The molecule has 5 nitrogen and oxygen atoms in total. The molecule has 0 aliphatic carbocycles. The van der Waals surface area contributed by atoms with Crippen molar-refractivity contribution in [3.63, 3.8) is 0 Å². The number of hydroxylamine groups is 2. The molecule has 0 spiro atoms. The molecule has 0 aliphatic heterocycles.